The molecule has 1 aliphatic heterocycles. The van der Waals surface area contributed by atoms with Crippen LogP contribution in [0.25, 0.3) is 0 Å². The standard InChI is InChI=1S/C20H16F2N4O3/c21-14-4-6-16(7-5-14)26-11-13(10-18(26)28)19-24-25-20(29-19)23-17(27)9-12-2-1-3-15(22)8-12/h1-8,13H,9-11H2,(H,23,25,27). The molecule has 7 nitrogen and oxygen atoms in total. The van der Waals surface area contributed by atoms with Crippen molar-refractivity contribution in [1.82, 2.24) is 10.2 Å². The molecule has 0 spiro atoms. The van der Waals surface area contributed by atoms with Crippen LogP contribution in [0.3, 0.4) is 0 Å². The molecule has 4 rings (SSSR count). The maximum atomic E-state index is 13.2. The van der Waals surface area contributed by atoms with Crippen LogP contribution < -0.4 is 10.2 Å². The Morgan fingerprint density at radius 1 is 1.14 bits per heavy atom. The molecule has 2 amide bonds. The highest BCUT2D eigenvalue weighted by Gasteiger charge is 2.35. The molecule has 3 aromatic rings. The van der Waals surface area contributed by atoms with Gasteiger partial charge in [0.1, 0.15) is 11.6 Å². The van der Waals surface area contributed by atoms with Gasteiger partial charge >= 0.3 is 6.01 Å². The second kappa shape index (κ2) is 7.78. The molecule has 9 heteroatoms. The van der Waals surface area contributed by atoms with Crippen molar-refractivity contribution >= 4 is 23.5 Å². The Bertz CT molecular complexity index is 1050. The number of carbonyl (C=O) groups is 2. The highest BCUT2D eigenvalue weighted by Crippen LogP contribution is 2.31. The predicted molar refractivity (Wildman–Crippen MR) is 99.1 cm³/mol. The molecule has 1 aliphatic rings. The second-order valence-corrected chi connectivity index (χ2v) is 6.68. The number of halogens is 2. The molecule has 1 unspecified atom stereocenters. The van der Waals surface area contributed by atoms with Gasteiger partial charge in [-0.2, -0.15) is 0 Å². The van der Waals surface area contributed by atoms with Gasteiger partial charge in [-0.25, -0.2) is 8.78 Å². The molecule has 0 saturated carbocycles. The maximum absolute atomic E-state index is 13.2. The zero-order valence-corrected chi connectivity index (χ0v) is 15.1. The molecule has 1 fully saturated rings. The van der Waals surface area contributed by atoms with Crippen molar-refractivity contribution in [2.75, 3.05) is 16.8 Å². The largest absolute Gasteiger partial charge is 0.407 e. The van der Waals surface area contributed by atoms with Gasteiger partial charge < -0.3 is 9.32 Å². The van der Waals surface area contributed by atoms with Crippen LogP contribution in [0.2, 0.25) is 0 Å². The van der Waals surface area contributed by atoms with Crippen molar-refractivity contribution < 1.29 is 22.8 Å². The summed E-state index contributed by atoms with van der Waals surface area (Å²) in [5.74, 6) is -1.49. The van der Waals surface area contributed by atoms with E-state index < -0.39 is 11.7 Å². The van der Waals surface area contributed by atoms with Gasteiger partial charge in [-0.1, -0.05) is 17.2 Å². The van der Waals surface area contributed by atoms with Gasteiger partial charge in [0.15, 0.2) is 0 Å². The summed E-state index contributed by atoms with van der Waals surface area (Å²) in [4.78, 5) is 25.9. The van der Waals surface area contributed by atoms with Gasteiger partial charge in [0, 0.05) is 18.7 Å². The predicted octanol–water partition coefficient (Wildman–Crippen LogP) is 3.05. The van der Waals surface area contributed by atoms with E-state index in [1.165, 1.54) is 47.4 Å². The smallest absolute Gasteiger partial charge is 0.322 e. The topological polar surface area (TPSA) is 88.3 Å². The Kier molecular flexibility index (Phi) is 5.03. The van der Waals surface area contributed by atoms with Crippen LogP contribution in [-0.2, 0) is 16.0 Å². The number of hydrogen-bond acceptors (Lipinski definition) is 5. The van der Waals surface area contributed by atoms with Crippen LogP contribution in [0.1, 0.15) is 23.8 Å². The summed E-state index contributed by atoms with van der Waals surface area (Å²) in [6, 6.07) is 11.3. The number of aromatic nitrogens is 2. The van der Waals surface area contributed by atoms with Crippen molar-refractivity contribution in [3.8, 4) is 0 Å². The lowest BCUT2D eigenvalue weighted by atomic mass is 10.1. The zero-order valence-electron chi connectivity index (χ0n) is 15.1. The molecule has 1 N–H and O–H groups in total. The van der Waals surface area contributed by atoms with Gasteiger partial charge in [0.05, 0.1) is 12.3 Å². The molecule has 1 atom stereocenters. The van der Waals surface area contributed by atoms with Gasteiger partial charge in [-0.05, 0) is 42.0 Å². The van der Waals surface area contributed by atoms with E-state index in [2.05, 4.69) is 15.5 Å². The monoisotopic (exact) mass is 398 g/mol. The lowest BCUT2D eigenvalue weighted by Gasteiger charge is -2.15. The number of nitrogens with one attached hydrogen (secondary N) is 1. The molecule has 2 aromatic carbocycles. The fraction of sp³-hybridized carbons (Fsp3) is 0.200. The SMILES string of the molecule is O=C(Cc1cccc(F)c1)Nc1nnc(C2CC(=O)N(c3ccc(F)cc3)C2)o1. The summed E-state index contributed by atoms with van der Waals surface area (Å²) in [7, 11) is 0. The van der Waals surface area contributed by atoms with E-state index in [0.29, 0.717) is 17.8 Å². The minimum Gasteiger partial charge on any atom is -0.407 e. The Balaban J connectivity index is 1.39. The number of anilines is 2. The summed E-state index contributed by atoms with van der Waals surface area (Å²) in [6.45, 7) is 0.309. The molecule has 1 aromatic heterocycles. The number of hydrogen-bond donors (Lipinski definition) is 1. The molecule has 29 heavy (non-hydrogen) atoms. The van der Waals surface area contributed by atoms with Crippen LogP contribution >= 0.6 is 0 Å². The number of carbonyl (C=O) groups excluding carboxylic acids is 2. The number of rotatable bonds is 5. The molecule has 0 bridgehead atoms. The van der Waals surface area contributed by atoms with Gasteiger partial charge in [-0.15, -0.1) is 5.10 Å². The third-order valence-electron chi connectivity index (χ3n) is 4.55. The van der Waals surface area contributed by atoms with Crippen molar-refractivity contribution in [3.05, 3.63) is 71.6 Å². The Labute approximate surface area is 164 Å². The van der Waals surface area contributed by atoms with E-state index in [9.17, 15) is 18.4 Å². The third-order valence-corrected chi connectivity index (χ3v) is 4.55. The summed E-state index contributed by atoms with van der Waals surface area (Å²) in [6.07, 6.45) is 0.117. The van der Waals surface area contributed by atoms with Gasteiger partial charge in [0.25, 0.3) is 0 Å². The Morgan fingerprint density at radius 2 is 1.93 bits per heavy atom. The van der Waals surface area contributed by atoms with Crippen molar-refractivity contribution in [2.45, 2.75) is 18.8 Å². The van der Waals surface area contributed by atoms with Gasteiger partial charge in [0.2, 0.25) is 17.7 Å². The summed E-state index contributed by atoms with van der Waals surface area (Å²) < 4.78 is 31.8. The molecule has 1 saturated heterocycles. The fourth-order valence-corrected chi connectivity index (χ4v) is 3.19. The minimum absolute atomic E-state index is 0.0459. The lowest BCUT2D eigenvalue weighted by Crippen LogP contribution is -2.24. The van der Waals surface area contributed by atoms with Crippen molar-refractivity contribution in [1.29, 1.82) is 0 Å². The van der Waals surface area contributed by atoms with E-state index in [1.54, 1.807) is 6.07 Å². The first kappa shape index (κ1) is 18.7. The van der Waals surface area contributed by atoms with Crippen molar-refractivity contribution in [3.63, 3.8) is 0 Å². The number of amides is 2. The molecule has 0 radical (unpaired) electrons. The average molecular weight is 398 g/mol. The maximum Gasteiger partial charge on any atom is 0.322 e. The van der Waals surface area contributed by atoms with Crippen LogP contribution in [0.4, 0.5) is 20.5 Å². The van der Waals surface area contributed by atoms with E-state index >= 15 is 0 Å². The normalized spacial score (nSPS) is 16.3. The summed E-state index contributed by atoms with van der Waals surface area (Å²) in [5.41, 5.74) is 1.10. The van der Waals surface area contributed by atoms with E-state index in [1.807, 2.05) is 0 Å². The second-order valence-electron chi connectivity index (χ2n) is 6.68. The average Bonchev–Trinajstić information content (AvgIpc) is 3.29. The molecular weight excluding hydrogens is 382 g/mol. The lowest BCUT2D eigenvalue weighted by molar-refractivity contribution is -0.117. The Morgan fingerprint density at radius 3 is 2.69 bits per heavy atom. The Hall–Kier alpha value is -3.62. The highest BCUT2D eigenvalue weighted by atomic mass is 19.1. The van der Waals surface area contributed by atoms with Crippen LogP contribution in [0.15, 0.2) is 52.9 Å². The van der Waals surface area contributed by atoms with E-state index in [0.717, 1.165) is 0 Å². The number of benzene rings is 2. The molecule has 0 aliphatic carbocycles. The minimum atomic E-state index is -0.429. The van der Waals surface area contributed by atoms with Crippen LogP contribution in [0, 0.1) is 11.6 Å². The first-order valence-corrected chi connectivity index (χ1v) is 8.91. The first-order valence-electron chi connectivity index (χ1n) is 8.91. The van der Waals surface area contributed by atoms with Crippen molar-refractivity contribution in [2.24, 2.45) is 0 Å². The molecule has 148 valence electrons. The van der Waals surface area contributed by atoms with Gasteiger partial charge in [-0.3, -0.25) is 14.9 Å². The molecule has 2 heterocycles. The molecular formula is C20H16F2N4O3. The van der Waals surface area contributed by atoms with E-state index in [4.69, 9.17) is 4.42 Å². The summed E-state index contributed by atoms with van der Waals surface area (Å²) >= 11 is 0. The zero-order chi connectivity index (χ0) is 20.4. The quantitative estimate of drug-likeness (QED) is 0.714. The summed E-state index contributed by atoms with van der Waals surface area (Å²) in [5, 5.41) is 10.2. The fourth-order valence-electron chi connectivity index (χ4n) is 3.19. The van der Waals surface area contributed by atoms with Crippen LogP contribution in [0.5, 0.6) is 0 Å². The van der Waals surface area contributed by atoms with E-state index in [-0.39, 0.29) is 42.4 Å². The number of nitrogens with zero attached hydrogens (tertiary/aromatic N) is 3. The highest BCUT2D eigenvalue weighted by molar-refractivity contribution is 5.96. The first-order chi connectivity index (χ1) is 14.0. The van der Waals surface area contributed by atoms with Crippen LogP contribution in [-0.4, -0.2) is 28.6 Å². The third kappa shape index (κ3) is 4.29.